The molecule has 0 unspecified atom stereocenters. The van der Waals surface area contributed by atoms with Gasteiger partial charge in [-0.25, -0.2) is 0 Å². The van der Waals surface area contributed by atoms with Crippen molar-refractivity contribution in [1.82, 2.24) is 0 Å². The van der Waals surface area contributed by atoms with E-state index in [9.17, 15) is 0 Å². The second-order valence-electron chi connectivity index (χ2n) is 0. The first kappa shape index (κ1) is 494. The van der Waals surface area contributed by atoms with Gasteiger partial charge in [0.1, 0.15) is 0 Å². The van der Waals surface area contributed by atoms with Crippen LogP contribution in [0, 0.1) is 0 Å². The molecule has 0 aromatic heterocycles. The van der Waals surface area contributed by atoms with Gasteiger partial charge in [0.25, 0.3) is 0 Å². The van der Waals surface area contributed by atoms with Crippen molar-refractivity contribution < 1.29 is 71.0 Å². The second kappa shape index (κ2) is 1650. The van der Waals surface area contributed by atoms with Gasteiger partial charge in [-0.3, -0.25) is 0 Å². The Morgan fingerprint density at radius 2 is 0.417 bits per heavy atom. The first-order chi connectivity index (χ1) is 1.00. The third-order valence-corrected chi connectivity index (χ3v) is 0. The minimum atomic E-state index is 0. The van der Waals surface area contributed by atoms with Gasteiger partial charge in [0.15, 0.2) is 0 Å². The number of halogens is 2. The predicted octanol–water partition coefficient (Wildman–Crippen LogP) is -5.88. The molecular weight excluding hydrogens is 393 g/mol. The third kappa shape index (κ3) is 1250. The molecule has 0 aromatic rings. The molecule has 0 saturated heterocycles. The van der Waals surface area contributed by atoms with E-state index < -0.39 is 0 Å². The molecule has 90 valence electrons. The maximum atomic E-state index is 8.39. The van der Waals surface area contributed by atoms with Gasteiger partial charge in [0, 0.05) is 0 Å². The van der Waals surface area contributed by atoms with Gasteiger partial charge in [0.2, 0.25) is 0 Å². The average Bonchev–Trinajstić information content (AvgIpc) is 1.00. The Labute approximate surface area is 95.8 Å². The SMILES string of the molecule is Cl.Cl.O.O.O.O.O.O.O.O.[O]=[Hf]. The Kier molecular flexibility index (Phi) is 67800. The van der Waals surface area contributed by atoms with E-state index in [1.807, 2.05) is 0 Å². The predicted molar refractivity (Wildman–Crippen MR) is 44.1 cm³/mol. The Morgan fingerprint density at radius 1 is 0.417 bits per heavy atom. The summed E-state index contributed by atoms with van der Waals surface area (Å²) in [5, 5.41) is 0. The summed E-state index contributed by atoms with van der Waals surface area (Å²) >= 11 is 0.0556. The molecule has 0 aliphatic carbocycles. The Hall–Kier alpha value is 0.930. The summed E-state index contributed by atoms with van der Waals surface area (Å²) in [6, 6.07) is 0. The molecule has 0 aromatic carbocycles. The Morgan fingerprint density at radius 3 is 0.417 bits per heavy atom. The van der Waals surface area contributed by atoms with E-state index in [2.05, 4.69) is 0 Å². The molecule has 0 aliphatic heterocycles. The molecule has 9 nitrogen and oxygen atoms in total. The molecule has 12 heteroatoms. The van der Waals surface area contributed by atoms with Crippen molar-refractivity contribution in [3.63, 3.8) is 0 Å². The molecule has 0 fully saturated rings. The molecule has 0 bridgehead atoms. The van der Waals surface area contributed by atoms with Gasteiger partial charge < -0.3 is 43.8 Å². The molecule has 0 aliphatic rings. The third-order valence-electron chi connectivity index (χ3n) is 0. The summed E-state index contributed by atoms with van der Waals surface area (Å²) in [7, 11) is 0. The Bertz CT molecular complexity index is 12.5. The fourth-order valence-corrected chi connectivity index (χ4v) is 0. The topological polar surface area (TPSA) is 269 Å². The van der Waals surface area contributed by atoms with Crippen LogP contribution in [-0.2, 0) is 27.2 Å². The van der Waals surface area contributed by atoms with Crippen LogP contribution in [0.1, 0.15) is 0 Å². The zero-order valence-electron chi connectivity index (χ0n) is 5.72. The van der Waals surface area contributed by atoms with Crippen LogP contribution < -0.4 is 0 Å². The van der Waals surface area contributed by atoms with Crippen molar-refractivity contribution >= 4 is 24.8 Å². The van der Waals surface area contributed by atoms with E-state index in [1.165, 1.54) is 0 Å². The summed E-state index contributed by atoms with van der Waals surface area (Å²) in [6.07, 6.45) is 0. The molecule has 12 heavy (non-hydrogen) atoms. The van der Waals surface area contributed by atoms with E-state index in [1.54, 1.807) is 0 Å². The number of rotatable bonds is 0. The van der Waals surface area contributed by atoms with Crippen molar-refractivity contribution in [2.45, 2.75) is 0 Å². The van der Waals surface area contributed by atoms with Gasteiger partial charge in [-0.05, 0) is 0 Å². The van der Waals surface area contributed by atoms with E-state index in [0.29, 0.717) is 0 Å². The first-order valence-corrected chi connectivity index (χ1v) is 1.67. The van der Waals surface area contributed by atoms with E-state index in [0.717, 1.165) is 0 Å². The maximum absolute atomic E-state index is 8.39. The van der Waals surface area contributed by atoms with Crippen molar-refractivity contribution in [1.29, 1.82) is 0 Å². The van der Waals surface area contributed by atoms with Crippen LogP contribution in [0.3, 0.4) is 0 Å². The number of hydrogen-bond acceptors (Lipinski definition) is 1. The zero-order valence-corrected chi connectivity index (χ0v) is 11.0. The van der Waals surface area contributed by atoms with E-state index in [4.69, 9.17) is 2.85 Å². The monoisotopic (exact) mass is 412 g/mol. The van der Waals surface area contributed by atoms with Crippen LogP contribution in [0.15, 0.2) is 0 Å². The standard InChI is InChI=1S/2ClH.Hf.8H2O.O/h2*1H;;8*1H2;. The van der Waals surface area contributed by atoms with Crippen LogP contribution in [-0.4, -0.2) is 43.8 Å². The second-order valence-corrected chi connectivity index (χ2v) is 0. The summed E-state index contributed by atoms with van der Waals surface area (Å²) in [4.78, 5) is 0. The van der Waals surface area contributed by atoms with Crippen molar-refractivity contribution in [3.05, 3.63) is 0 Å². The molecule has 0 amide bonds. The fraction of sp³-hybridized carbons (Fsp3) is 0. The van der Waals surface area contributed by atoms with E-state index >= 15 is 0 Å². The molecule has 0 atom stereocenters. The normalized spacial score (nSPS) is 0.250. The van der Waals surface area contributed by atoms with Gasteiger partial charge in [-0.15, -0.1) is 24.8 Å². The molecule has 0 spiro atoms. The zero-order chi connectivity index (χ0) is 2.00. The fourth-order valence-electron chi connectivity index (χ4n) is 0. The Balaban J connectivity index is -0.000000000111. The summed E-state index contributed by atoms with van der Waals surface area (Å²) in [6.45, 7) is 0. The first-order valence-electron chi connectivity index (χ1n) is 0.204. The average molecular weight is 412 g/mol. The molecule has 0 saturated carbocycles. The summed E-state index contributed by atoms with van der Waals surface area (Å²) < 4.78 is 8.39. The van der Waals surface area contributed by atoms with Crippen LogP contribution in [0.25, 0.3) is 0 Å². The minimum absolute atomic E-state index is 0. The van der Waals surface area contributed by atoms with Crippen molar-refractivity contribution in [2.24, 2.45) is 0 Å². The molecule has 0 rings (SSSR count). The summed E-state index contributed by atoms with van der Waals surface area (Å²) in [5.41, 5.74) is 0. The number of hydrogen-bond donors (Lipinski definition) is 0. The summed E-state index contributed by atoms with van der Waals surface area (Å²) in [5.74, 6) is 0. The van der Waals surface area contributed by atoms with Gasteiger partial charge in [0.05, 0.1) is 0 Å². The van der Waals surface area contributed by atoms with Crippen LogP contribution in [0.4, 0.5) is 0 Å². The van der Waals surface area contributed by atoms with Gasteiger partial charge >= 0.3 is 27.2 Å². The van der Waals surface area contributed by atoms with Crippen LogP contribution in [0.2, 0.25) is 0 Å². The van der Waals surface area contributed by atoms with Crippen molar-refractivity contribution in [3.8, 4) is 0 Å². The molecule has 0 radical (unpaired) electrons. The van der Waals surface area contributed by atoms with Crippen molar-refractivity contribution in [2.75, 3.05) is 0 Å². The quantitative estimate of drug-likeness (QED) is 0.346. The van der Waals surface area contributed by atoms with Gasteiger partial charge in [-0.1, -0.05) is 0 Å². The van der Waals surface area contributed by atoms with Crippen LogP contribution in [0.5, 0.6) is 0 Å². The van der Waals surface area contributed by atoms with Crippen LogP contribution >= 0.6 is 24.8 Å². The van der Waals surface area contributed by atoms with Gasteiger partial charge in [-0.2, -0.15) is 0 Å². The molecular formula is H18Cl2HfO9. The molecule has 16 N–H and O–H groups in total. The van der Waals surface area contributed by atoms with E-state index in [-0.39, 0.29) is 93.0 Å². The molecule has 0 heterocycles.